The summed E-state index contributed by atoms with van der Waals surface area (Å²) >= 11 is 0. The third-order valence-electron chi connectivity index (χ3n) is 4.13. The van der Waals surface area contributed by atoms with Crippen molar-refractivity contribution >= 4 is 5.82 Å². The Labute approximate surface area is 116 Å². The lowest BCUT2D eigenvalue weighted by Crippen LogP contribution is -2.40. The molecule has 1 aliphatic rings. The molecule has 0 atom stereocenters. The standard InChI is InChI=1S/C15H26N4/c1-3-12(4-2)19(10-9-16)15-13-7-5-6-8-14(13)17-11-18-15/h11-12H,3-10,16H2,1-2H3. The van der Waals surface area contributed by atoms with E-state index in [-0.39, 0.29) is 0 Å². The molecular weight excluding hydrogens is 236 g/mol. The minimum atomic E-state index is 0.532. The topological polar surface area (TPSA) is 55.0 Å². The molecule has 1 heterocycles. The Morgan fingerprint density at radius 2 is 1.95 bits per heavy atom. The Kier molecular flexibility index (Phi) is 5.14. The first kappa shape index (κ1) is 14.3. The van der Waals surface area contributed by atoms with Crippen LogP contribution in [0.5, 0.6) is 0 Å². The molecule has 0 fully saturated rings. The van der Waals surface area contributed by atoms with E-state index in [1.807, 2.05) is 0 Å². The summed E-state index contributed by atoms with van der Waals surface area (Å²) in [6.45, 7) is 6.04. The zero-order valence-electron chi connectivity index (χ0n) is 12.2. The van der Waals surface area contributed by atoms with E-state index in [0.717, 1.165) is 38.0 Å². The molecular formula is C15H26N4. The van der Waals surface area contributed by atoms with E-state index in [4.69, 9.17) is 5.73 Å². The molecule has 0 radical (unpaired) electrons. The van der Waals surface area contributed by atoms with Crippen molar-refractivity contribution < 1.29 is 0 Å². The normalized spacial score (nSPS) is 14.5. The number of rotatable bonds is 6. The third kappa shape index (κ3) is 3.06. The van der Waals surface area contributed by atoms with Crippen molar-refractivity contribution in [2.75, 3.05) is 18.0 Å². The van der Waals surface area contributed by atoms with Gasteiger partial charge < -0.3 is 10.6 Å². The van der Waals surface area contributed by atoms with Crippen molar-refractivity contribution in [3.63, 3.8) is 0 Å². The molecule has 4 nitrogen and oxygen atoms in total. The highest BCUT2D eigenvalue weighted by molar-refractivity contribution is 5.50. The molecule has 0 aliphatic heterocycles. The number of fused-ring (bicyclic) bond motifs is 1. The fourth-order valence-corrected chi connectivity index (χ4v) is 3.08. The molecule has 0 saturated carbocycles. The highest BCUT2D eigenvalue weighted by Crippen LogP contribution is 2.29. The summed E-state index contributed by atoms with van der Waals surface area (Å²) < 4.78 is 0. The monoisotopic (exact) mass is 262 g/mol. The SMILES string of the molecule is CCC(CC)N(CCN)c1ncnc2c1CCCC2. The number of aromatic nitrogens is 2. The molecule has 1 aliphatic carbocycles. The molecule has 1 aromatic heterocycles. The average molecular weight is 262 g/mol. The van der Waals surface area contributed by atoms with E-state index in [1.54, 1.807) is 6.33 Å². The summed E-state index contributed by atoms with van der Waals surface area (Å²) in [5.74, 6) is 1.14. The second-order valence-electron chi connectivity index (χ2n) is 5.28. The number of nitrogens with two attached hydrogens (primary N) is 1. The predicted octanol–water partition coefficient (Wildman–Crippen LogP) is 2.31. The van der Waals surface area contributed by atoms with Crippen molar-refractivity contribution in [2.24, 2.45) is 5.73 Å². The fourth-order valence-electron chi connectivity index (χ4n) is 3.08. The van der Waals surface area contributed by atoms with E-state index >= 15 is 0 Å². The molecule has 0 spiro atoms. The van der Waals surface area contributed by atoms with Crippen LogP contribution in [-0.2, 0) is 12.8 Å². The van der Waals surface area contributed by atoms with E-state index in [0.29, 0.717) is 12.6 Å². The van der Waals surface area contributed by atoms with E-state index in [2.05, 4.69) is 28.7 Å². The van der Waals surface area contributed by atoms with Crippen LogP contribution in [0.25, 0.3) is 0 Å². The minimum Gasteiger partial charge on any atom is -0.352 e. The lowest BCUT2D eigenvalue weighted by Gasteiger charge is -2.33. The molecule has 0 saturated heterocycles. The van der Waals surface area contributed by atoms with Gasteiger partial charge in [-0.05, 0) is 38.5 Å². The fraction of sp³-hybridized carbons (Fsp3) is 0.733. The summed E-state index contributed by atoms with van der Waals surface area (Å²) in [6, 6.07) is 0.532. The van der Waals surface area contributed by atoms with Gasteiger partial charge in [-0.15, -0.1) is 0 Å². The molecule has 0 bridgehead atoms. The zero-order valence-corrected chi connectivity index (χ0v) is 12.2. The van der Waals surface area contributed by atoms with Crippen LogP contribution >= 0.6 is 0 Å². The lowest BCUT2D eigenvalue weighted by atomic mass is 9.95. The maximum Gasteiger partial charge on any atom is 0.135 e. The van der Waals surface area contributed by atoms with Gasteiger partial charge in [-0.3, -0.25) is 0 Å². The highest BCUT2D eigenvalue weighted by Gasteiger charge is 2.23. The molecule has 1 aromatic rings. The number of anilines is 1. The zero-order chi connectivity index (χ0) is 13.7. The average Bonchev–Trinajstić information content (AvgIpc) is 2.47. The summed E-state index contributed by atoms with van der Waals surface area (Å²) in [5.41, 5.74) is 8.43. The molecule has 4 heteroatoms. The van der Waals surface area contributed by atoms with Gasteiger partial charge in [0.15, 0.2) is 0 Å². The number of hydrogen-bond acceptors (Lipinski definition) is 4. The molecule has 2 rings (SSSR count). The third-order valence-corrected chi connectivity index (χ3v) is 4.13. The van der Waals surface area contributed by atoms with E-state index < -0.39 is 0 Å². The summed E-state index contributed by atoms with van der Waals surface area (Å²) in [4.78, 5) is 11.5. The van der Waals surface area contributed by atoms with Gasteiger partial charge in [0, 0.05) is 30.4 Å². The van der Waals surface area contributed by atoms with E-state index in [9.17, 15) is 0 Å². The van der Waals surface area contributed by atoms with Crippen LogP contribution in [0.4, 0.5) is 5.82 Å². The molecule has 19 heavy (non-hydrogen) atoms. The van der Waals surface area contributed by atoms with E-state index in [1.165, 1.54) is 24.1 Å². The van der Waals surface area contributed by atoms with Crippen LogP contribution in [0.2, 0.25) is 0 Å². The van der Waals surface area contributed by atoms with Gasteiger partial charge in [-0.2, -0.15) is 0 Å². The Morgan fingerprint density at radius 3 is 2.63 bits per heavy atom. The Morgan fingerprint density at radius 1 is 1.21 bits per heavy atom. The van der Waals surface area contributed by atoms with Crippen LogP contribution in [0.1, 0.15) is 50.8 Å². The smallest absolute Gasteiger partial charge is 0.135 e. The van der Waals surface area contributed by atoms with Gasteiger partial charge in [-0.1, -0.05) is 13.8 Å². The van der Waals surface area contributed by atoms with Crippen LogP contribution < -0.4 is 10.6 Å². The quantitative estimate of drug-likeness (QED) is 0.854. The van der Waals surface area contributed by atoms with Crippen molar-refractivity contribution in [1.29, 1.82) is 0 Å². The molecule has 0 aromatic carbocycles. The van der Waals surface area contributed by atoms with Crippen molar-refractivity contribution in [1.82, 2.24) is 9.97 Å². The van der Waals surface area contributed by atoms with Crippen molar-refractivity contribution in [2.45, 2.75) is 58.4 Å². The molecule has 2 N–H and O–H groups in total. The van der Waals surface area contributed by atoms with Gasteiger partial charge in [0.25, 0.3) is 0 Å². The van der Waals surface area contributed by atoms with Gasteiger partial charge in [0.1, 0.15) is 12.1 Å². The first-order valence-corrected chi connectivity index (χ1v) is 7.61. The number of nitrogens with zero attached hydrogens (tertiary/aromatic N) is 3. The van der Waals surface area contributed by atoms with Crippen LogP contribution in [-0.4, -0.2) is 29.1 Å². The lowest BCUT2D eigenvalue weighted by molar-refractivity contribution is 0.546. The highest BCUT2D eigenvalue weighted by atomic mass is 15.2. The first-order chi connectivity index (χ1) is 9.31. The number of aryl methyl sites for hydroxylation is 1. The molecule has 0 unspecified atom stereocenters. The van der Waals surface area contributed by atoms with Crippen molar-refractivity contribution in [3.05, 3.63) is 17.6 Å². The Balaban J connectivity index is 2.35. The maximum absolute atomic E-state index is 5.80. The van der Waals surface area contributed by atoms with Gasteiger partial charge in [0.05, 0.1) is 0 Å². The van der Waals surface area contributed by atoms with Crippen LogP contribution in [0, 0.1) is 0 Å². The minimum absolute atomic E-state index is 0.532. The van der Waals surface area contributed by atoms with Crippen LogP contribution in [0.15, 0.2) is 6.33 Å². The van der Waals surface area contributed by atoms with Crippen molar-refractivity contribution in [3.8, 4) is 0 Å². The second kappa shape index (κ2) is 6.85. The first-order valence-electron chi connectivity index (χ1n) is 7.61. The predicted molar refractivity (Wildman–Crippen MR) is 79.4 cm³/mol. The van der Waals surface area contributed by atoms with Gasteiger partial charge in [0.2, 0.25) is 0 Å². The Hall–Kier alpha value is -1.16. The van der Waals surface area contributed by atoms with Crippen LogP contribution in [0.3, 0.4) is 0 Å². The number of hydrogen-bond donors (Lipinski definition) is 1. The summed E-state index contributed by atoms with van der Waals surface area (Å²) in [5, 5.41) is 0. The molecule has 0 amide bonds. The summed E-state index contributed by atoms with van der Waals surface area (Å²) in [6.07, 6.45) is 8.73. The largest absolute Gasteiger partial charge is 0.352 e. The van der Waals surface area contributed by atoms with Gasteiger partial charge in [-0.25, -0.2) is 9.97 Å². The maximum atomic E-state index is 5.80. The summed E-state index contributed by atoms with van der Waals surface area (Å²) in [7, 11) is 0. The molecule has 106 valence electrons. The second-order valence-corrected chi connectivity index (χ2v) is 5.28. The van der Waals surface area contributed by atoms with Gasteiger partial charge >= 0.3 is 0 Å². The Bertz CT molecular complexity index is 401.